The first kappa shape index (κ1) is 14.9. The molecule has 1 rings (SSSR count). The van der Waals surface area contributed by atoms with E-state index < -0.39 is 12.6 Å². The van der Waals surface area contributed by atoms with Gasteiger partial charge in [0.25, 0.3) is 0 Å². The maximum atomic E-state index is 12.2. The Hall–Kier alpha value is -1.17. The number of benzene rings is 1. The van der Waals surface area contributed by atoms with E-state index in [-0.39, 0.29) is 18.1 Å². The molecule has 3 nitrogen and oxygen atoms in total. The van der Waals surface area contributed by atoms with Gasteiger partial charge in [-0.2, -0.15) is 8.78 Å². The van der Waals surface area contributed by atoms with Crippen molar-refractivity contribution < 1.29 is 23.4 Å². The molecule has 18 heavy (non-hydrogen) atoms. The largest absolute Gasteiger partial charge is 0.481 e. The molecule has 0 bridgehead atoms. The van der Waals surface area contributed by atoms with Crippen LogP contribution in [0.5, 0.6) is 5.75 Å². The zero-order valence-corrected chi connectivity index (χ0v) is 11.5. The van der Waals surface area contributed by atoms with E-state index in [4.69, 9.17) is 5.11 Å². The lowest BCUT2D eigenvalue weighted by molar-refractivity contribution is -0.136. The maximum absolute atomic E-state index is 12.2. The molecule has 100 valence electrons. The summed E-state index contributed by atoms with van der Waals surface area (Å²) in [5.74, 6) is -0.955. The van der Waals surface area contributed by atoms with Gasteiger partial charge in [0.15, 0.2) is 0 Å². The predicted octanol–water partition coefficient (Wildman–Crippen LogP) is 3.80. The Bertz CT molecular complexity index is 447. The summed E-state index contributed by atoms with van der Waals surface area (Å²) >= 11 is 3.20. The summed E-state index contributed by atoms with van der Waals surface area (Å²) in [4.78, 5) is 10.8. The van der Waals surface area contributed by atoms with Gasteiger partial charge in [-0.25, -0.2) is 0 Å². The van der Waals surface area contributed by atoms with Crippen molar-refractivity contribution in [3.05, 3.63) is 27.7 Å². The molecule has 1 aromatic rings. The van der Waals surface area contributed by atoms with E-state index in [0.29, 0.717) is 15.6 Å². The van der Waals surface area contributed by atoms with Gasteiger partial charge in [0.2, 0.25) is 0 Å². The highest BCUT2D eigenvalue weighted by Crippen LogP contribution is 2.36. The summed E-state index contributed by atoms with van der Waals surface area (Å²) in [5.41, 5.74) is 1.27. The van der Waals surface area contributed by atoms with Crippen molar-refractivity contribution in [1.29, 1.82) is 0 Å². The number of alkyl halides is 2. The van der Waals surface area contributed by atoms with Gasteiger partial charge in [-0.1, -0.05) is 19.9 Å². The summed E-state index contributed by atoms with van der Waals surface area (Å²) in [6.45, 7) is 0.807. The number of rotatable bonds is 5. The first-order chi connectivity index (χ1) is 8.32. The zero-order chi connectivity index (χ0) is 13.9. The number of carbonyl (C=O) groups is 1. The van der Waals surface area contributed by atoms with Crippen molar-refractivity contribution in [3.8, 4) is 5.75 Å². The van der Waals surface area contributed by atoms with Crippen LogP contribution in [0.1, 0.15) is 30.9 Å². The summed E-state index contributed by atoms with van der Waals surface area (Å²) in [7, 11) is 0. The minimum atomic E-state index is -2.91. The highest BCUT2D eigenvalue weighted by molar-refractivity contribution is 9.10. The highest BCUT2D eigenvalue weighted by atomic mass is 79.9. The predicted molar refractivity (Wildman–Crippen MR) is 66.2 cm³/mol. The average Bonchev–Trinajstić information content (AvgIpc) is 2.20. The third-order valence-electron chi connectivity index (χ3n) is 2.37. The van der Waals surface area contributed by atoms with Crippen LogP contribution in [0, 0.1) is 0 Å². The Morgan fingerprint density at radius 2 is 2.06 bits per heavy atom. The van der Waals surface area contributed by atoms with E-state index in [2.05, 4.69) is 20.7 Å². The minimum Gasteiger partial charge on any atom is -0.481 e. The van der Waals surface area contributed by atoms with Crippen LogP contribution in [0.3, 0.4) is 0 Å². The molecule has 0 unspecified atom stereocenters. The minimum absolute atomic E-state index is 0.00468. The van der Waals surface area contributed by atoms with Crippen molar-refractivity contribution in [1.82, 2.24) is 0 Å². The summed E-state index contributed by atoms with van der Waals surface area (Å²) in [5, 5.41) is 8.81. The maximum Gasteiger partial charge on any atom is 0.387 e. The molecule has 0 aromatic heterocycles. The van der Waals surface area contributed by atoms with E-state index in [1.807, 2.05) is 13.8 Å². The summed E-state index contributed by atoms with van der Waals surface area (Å²) in [6, 6.07) is 2.85. The van der Waals surface area contributed by atoms with Gasteiger partial charge in [-0.15, -0.1) is 0 Å². The second-order valence-corrected chi connectivity index (χ2v) is 4.85. The van der Waals surface area contributed by atoms with Crippen LogP contribution in [0.25, 0.3) is 0 Å². The number of aliphatic carboxylic acids is 1. The Morgan fingerprint density at radius 3 is 2.50 bits per heavy atom. The molecule has 0 heterocycles. The third kappa shape index (κ3) is 3.66. The monoisotopic (exact) mass is 322 g/mol. The number of hydrogen-bond acceptors (Lipinski definition) is 2. The molecule has 6 heteroatoms. The molecular formula is C12H13BrF2O3. The SMILES string of the molecule is CC(C)c1c(CC(=O)O)ccc(OC(F)F)c1Br. The number of halogens is 3. The zero-order valence-electron chi connectivity index (χ0n) is 9.91. The standard InChI is InChI=1S/C12H13BrF2O3/c1-6(2)10-7(5-9(16)17)3-4-8(11(10)13)18-12(14)15/h3-4,6,12H,5H2,1-2H3,(H,16,17). The number of ether oxygens (including phenoxy) is 1. The fraction of sp³-hybridized carbons (Fsp3) is 0.417. The molecule has 0 atom stereocenters. The second kappa shape index (κ2) is 6.13. The molecule has 0 aliphatic heterocycles. The van der Waals surface area contributed by atoms with Gasteiger partial charge >= 0.3 is 12.6 Å². The Morgan fingerprint density at radius 1 is 1.44 bits per heavy atom. The normalized spacial score (nSPS) is 11.1. The molecule has 1 aromatic carbocycles. The molecule has 0 aliphatic carbocycles. The van der Waals surface area contributed by atoms with Gasteiger partial charge in [0.05, 0.1) is 10.9 Å². The van der Waals surface area contributed by atoms with Crippen LogP contribution in [0.15, 0.2) is 16.6 Å². The van der Waals surface area contributed by atoms with E-state index in [0.717, 1.165) is 0 Å². The third-order valence-corrected chi connectivity index (χ3v) is 3.19. The van der Waals surface area contributed by atoms with Crippen LogP contribution in [-0.4, -0.2) is 17.7 Å². The lowest BCUT2D eigenvalue weighted by atomic mass is 9.95. The average molecular weight is 323 g/mol. The molecule has 1 N–H and O–H groups in total. The highest BCUT2D eigenvalue weighted by Gasteiger charge is 2.18. The van der Waals surface area contributed by atoms with Crippen molar-refractivity contribution in [2.75, 3.05) is 0 Å². The topological polar surface area (TPSA) is 46.5 Å². The van der Waals surface area contributed by atoms with Gasteiger partial charge in [0, 0.05) is 0 Å². The van der Waals surface area contributed by atoms with E-state index in [1.165, 1.54) is 12.1 Å². The van der Waals surface area contributed by atoms with Crippen LogP contribution < -0.4 is 4.74 Å². The van der Waals surface area contributed by atoms with E-state index in [9.17, 15) is 13.6 Å². The molecular weight excluding hydrogens is 310 g/mol. The lowest BCUT2D eigenvalue weighted by Crippen LogP contribution is -2.08. The van der Waals surface area contributed by atoms with Crippen molar-refractivity contribution in [2.24, 2.45) is 0 Å². The lowest BCUT2D eigenvalue weighted by Gasteiger charge is -2.17. The van der Waals surface area contributed by atoms with Crippen molar-refractivity contribution in [2.45, 2.75) is 32.8 Å². The van der Waals surface area contributed by atoms with Crippen LogP contribution in [0.4, 0.5) is 8.78 Å². The van der Waals surface area contributed by atoms with Gasteiger partial charge in [0.1, 0.15) is 5.75 Å². The smallest absolute Gasteiger partial charge is 0.387 e. The van der Waals surface area contributed by atoms with E-state index >= 15 is 0 Å². The van der Waals surface area contributed by atoms with Crippen molar-refractivity contribution >= 4 is 21.9 Å². The fourth-order valence-corrected chi connectivity index (χ4v) is 2.68. The van der Waals surface area contributed by atoms with Gasteiger partial charge < -0.3 is 9.84 Å². The van der Waals surface area contributed by atoms with E-state index in [1.54, 1.807) is 0 Å². The summed E-state index contributed by atoms with van der Waals surface area (Å²) in [6.07, 6.45) is -0.152. The Balaban J connectivity index is 3.23. The molecule has 0 amide bonds. The first-order valence-electron chi connectivity index (χ1n) is 5.30. The first-order valence-corrected chi connectivity index (χ1v) is 6.10. The van der Waals surface area contributed by atoms with Gasteiger partial charge in [-0.3, -0.25) is 4.79 Å². The number of carboxylic acids is 1. The fourth-order valence-electron chi connectivity index (χ4n) is 1.74. The molecule has 0 fully saturated rings. The number of carboxylic acid groups (broad SMARTS) is 1. The second-order valence-electron chi connectivity index (χ2n) is 4.05. The number of hydrogen-bond donors (Lipinski definition) is 1. The summed E-state index contributed by atoms with van der Waals surface area (Å²) < 4.78 is 29.2. The van der Waals surface area contributed by atoms with Crippen LogP contribution in [0.2, 0.25) is 0 Å². The Labute approximate surface area is 112 Å². The van der Waals surface area contributed by atoms with Gasteiger partial charge in [-0.05, 0) is 39.0 Å². The molecule has 0 aliphatic rings. The van der Waals surface area contributed by atoms with Crippen molar-refractivity contribution in [3.63, 3.8) is 0 Å². The molecule has 0 radical (unpaired) electrons. The molecule has 0 saturated heterocycles. The quantitative estimate of drug-likeness (QED) is 0.896. The Kier molecular flexibility index (Phi) is 5.07. The van der Waals surface area contributed by atoms with Crippen LogP contribution >= 0.6 is 15.9 Å². The molecule has 0 saturated carbocycles. The van der Waals surface area contributed by atoms with Crippen LogP contribution in [-0.2, 0) is 11.2 Å². The molecule has 0 spiro atoms.